The van der Waals surface area contributed by atoms with Crippen LogP contribution in [0, 0.1) is 5.82 Å². The molecule has 0 bridgehead atoms. The minimum Gasteiger partial charge on any atom is -0.478 e. The second-order valence-corrected chi connectivity index (χ2v) is 4.22. The van der Waals surface area contributed by atoms with Crippen molar-refractivity contribution in [3.05, 3.63) is 41.7 Å². The first-order chi connectivity index (χ1) is 9.97. The van der Waals surface area contributed by atoms with Crippen molar-refractivity contribution < 1.29 is 19.1 Å². The lowest BCUT2D eigenvalue weighted by Crippen LogP contribution is -2.31. The van der Waals surface area contributed by atoms with Gasteiger partial charge in [0.2, 0.25) is 0 Å². The average Bonchev–Trinajstić information content (AvgIpc) is 2.91. The number of carboxylic acid groups (broad SMARTS) is 1. The number of carboxylic acids is 1. The van der Waals surface area contributed by atoms with E-state index in [0.29, 0.717) is 5.82 Å². The normalized spacial score (nSPS) is 10.2. The van der Waals surface area contributed by atoms with Crippen LogP contribution in [0.5, 0.6) is 0 Å². The van der Waals surface area contributed by atoms with Crippen LogP contribution < -0.4 is 5.32 Å². The molecule has 0 spiro atoms. The minimum atomic E-state index is -1.37. The van der Waals surface area contributed by atoms with Gasteiger partial charge in [0.1, 0.15) is 18.0 Å². The van der Waals surface area contributed by atoms with E-state index in [-0.39, 0.29) is 12.2 Å². The molecule has 2 aromatic rings. The number of carbonyl (C=O) groups is 2. The topological polar surface area (TPSA) is 111 Å². The molecule has 0 fully saturated rings. The maximum atomic E-state index is 13.5. The summed E-state index contributed by atoms with van der Waals surface area (Å²) in [5.41, 5.74) is -0.296. The zero-order valence-electron chi connectivity index (χ0n) is 11.0. The van der Waals surface area contributed by atoms with Crippen LogP contribution in [0.3, 0.4) is 0 Å². The molecule has 0 atom stereocenters. The van der Waals surface area contributed by atoms with Gasteiger partial charge in [-0.15, -0.1) is 0 Å². The third-order valence-corrected chi connectivity index (χ3v) is 2.65. The molecule has 110 valence electrons. The van der Waals surface area contributed by atoms with E-state index in [2.05, 4.69) is 20.5 Å². The number of aromatic nitrogens is 3. The molecule has 1 aromatic carbocycles. The van der Waals surface area contributed by atoms with Crippen LogP contribution in [-0.4, -0.2) is 44.2 Å². The molecule has 1 aromatic heterocycles. The van der Waals surface area contributed by atoms with E-state index >= 15 is 0 Å². The van der Waals surface area contributed by atoms with Gasteiger partial charge in [-0.25, -0.2) is 19.0 Å². The summed E-state index contributed by atoms with van der Waals surface area (Å²) < 4.78 is 13.5. The van der Waals surface area contributed by atoms with Crippen LogP contribution in [-0.2, 0) is 6.54 Å². The van der Waals surface area contributed by atoms with E-state index in [1.54, 1.807) is 0 Å². The number of hydrogen-bond donors (Lipinski definition) is 3. The Morgan fingerprint density at radius 3 is 2.81 bits per heavy atom. The predicted molar refractivity (Wildman–Crippen MR) is 70.2 cm³/mol. The quantitative estimate of drug-likeness (QED) is 0.787. The fraction of sp³-hybridized carbons (Fsp3) is 0.167. The van der Waals surface area contributed by atoms with Crippen molar-refractivity contribution in [3.8, 4) is 0 Å². The first-order valence-corrected chi connectivity index (χ1v) is 5.86. The standard InChI is InChI=1S/C12H12FN5O3/c1-18(5-10-14-6-15-17-10)12(21)16-7-2-3-8(11(19)20)9(13)4-7/h2-4,6H,5H2,1H3,(H,16,21)(H,19,20)(H,14,15,17). The van der Waals surface area contributed by atoms with Crippen LogP contribution in [0.25, 0.3) is 0 Å². The monoisotopic (exact) mass is 293 g/mol. The molecule has 0 saturated carbocycles. The zero-order chi connectivity index (χ0) is 15.4. The molecule has 9 heteroatoms. The highest BCUT2D eigenvalue weighted by Crippen LogP contribution is 2.15. The van der Waals surface area contributed by atoms with Crippen LogP contribution in [0.15, 0.2) is 24.5 Å². The number of carbonyl (C=O) groups excluding carboxylic acids is 1. The highest BCUT2D eigenvalue weighted by Gasteiger charge is 2.14. The largest absolute Gasteiger partial charge is 0.478 e. The third-order valence-electron chi connectivity index (χ3n) is 2.65. The number of benzene rings is 1. The molecule has 0 aliphatic rings. The Morgan fingerprint density at radius 1 is 1.48 bits per heavy atom. The number of aromatic amines is 1. The molecule has 1 heterocycles. The maximum Gasteiger partial charge on any atom is 0.338 e. The van der Waals surface area contributed by atoms with E-state index in [9.17, 15) is 14.0 Å². The number of urea groups is 1. The predicted octanol–water partition coefficient (Wildman–Crippen LogP) is 1.31. The van der Waals surface area contributed by atoms with Crippen molar-refractivity contribution in [2.75, 3.05) is 12.4 Å². The highest BCUT2D eigenvalue weighted by molar-refractivity contribution is 5.91. The molecule has 3 N–H and O–H groups in total. The summed E-state index contributed by atoms with van der Waals surface area (Å²) in [6.07, 6.45) is 1.32. The highest BCUT2D eigenvalue weighted by atomic mass is 19.1. The number of hydrogen-bond acceptors (Lipinski definition) is 4. The second-order valence-electron chi connectivity index (χ2n) is 4.22. The van der Waals surface area contributed by atoms with Gasteiger partial charge in [0, 0.05) is 12.7 Å². The molecule has 0 aliphatic carbocycles. The van der Waals surface area contributed by atoms with Gasteiger partial charge in [0.05, 0.1) is 12.1 Å². The van der Waals surface area contributed by atoms with Gasteiger partial charge in [-0.2, -0.15) is 5.10 Å². The Kier molecular flexibility index (Phi) is 4.12. The molecule has 21 heavy (non-hydrogen) atoms. The maximum absolute atomic E-state index is 13.5. The van der Waals surface area contributed by atoms with Gasteiger partial charge in [-0.05, 0) is 18.2 Å². The first-order valence-electron chi connectivity index (χ1n) is 5.86. The van der Waals surface area contributed by atoms with Gasteiger partial charge in [-0.1, -0.05) is 0 Å². The van der Waals surface area contributed by atoms with Crippen LogP contribution in [0.1, 0.15) is 16.2 Å². The molecule has 0 saturated heterocycles. The molecule has 2 amide bonds. The van der Waals surface area contributed by atoms with E-state index in [4.69, 9.17) is 5.11 Å². The fourth-order valence-corrected chi connectivity index (χ4v) is 1.59. The Bertz CT molecular complexity index is 659. The van der Waals surface area contributed by atoms with Crippen LogP contribution >= 0.6 is 0 Å². The lowest BCUT2D eigenvalue weighted by atomic mass is 10.2. The van der Waals surface area contributed by atoms with Gasteiger partial charge in [0.25, 0.3) is 0 Å². The Hall–Kier alpha value is -2.97. The zero-order valence-corrected chi connectivity index (χ0v) is 11.0. The summed E-state index contributed by atoms with van der Waals surface area (Å²) >= 11 is 0. The summed E-state index contributed by atoms with van der Waals surface area (Å²) in [7, 11) is 1.53. The van der Waals surface area contributed by atoms with E-state index in [1.165, 1.54) is 24.3 Å². The van der Waals surface area contributed by atoms with E-state index < -0.39 is 23.4 Å². The lowest BCUT2D eigenvalue weighted by molar-refractivity contribution is 0.0692. The Labute approximate surface area is 118 Å². The van der Waals surface area contributed by atoms with E-state index in [0.717, 1.165) is 12.1 Å². The SMILES string of the molecule is CN(Cc1ncn[nH]1)C(=O)Nc1ccc(C(=O)O)c(F)c1. The first kappa shape index (κ1) is 14.4. The number of H-pyrrole nitrogens is 1. The van der Waals surface area contributed by atoms with Crippen molar-refractivity contribution in [2.24, 2.45) is 0 Å². The molecule has 0 aliphatic heterocycles. The van der Waals surface area contributed by atoms with Gasteiger partial charge in [0.15, 0.2) is 0 Å². The number of aromatic carboxylic acids is 1. The number of nitrogens with zero attached hydrogens (tertiary/aromatic N) is 3. The smallest absolute Gasteiger partial charge is 0.338 e. The van der Waals surface area contributed by atoms with E-state index in [1.807, 2.05) is 0 Å². The Balaban J connectivity index is 2.02. The second kappa shape index (κ2) is 5.99. The van der Waals surface area contributed by atoms with Crippen LogP contribution in [0.2, 0.25) is 0 Å². The van der Waals surface area contributed by atoms with Crippen molar-refractivity contribution in [1.82, 2.24) is 20.1 Å². The van der Waals surface area contributed by atoms with Crippen LogP contribution in [0.4, 0.5) is 14.9 Å². The van der Waals surface area contributed by atoms with Crippen molar-refractivity contribution in [3.63, 3.8) is 0 Å². The van der Waals surface area contributed by atoms with Gasteiger partial charge in [-0.3, -0.25) is 5.10 Å². The average molecular weight is 293 g/mol. The summed E-state index contributed by atoms with van der Waals surface area (Å²) in [4.78, 5) is 27.8. The summed E-state index contributed by atoms with van der Waals surface area (Å²) in [6.45, 7) is 0.196. The fourth-order valence-electron chi connectivity index (χ4n) is 1.59. The summed E-state index contributed by atoms with van der Waals surface area (Å²) in [6, 6.07) is 2.86. The third kappa shape index (κ3) is 3.53. The Morgan fingerprint density at radius 2 is 2.24 bits per heavy atom. The number of anilines is 1. The number of rotatable bonds is 4. The summed E-state index contributed by atoms with van der Waals surface area (Å²) in [5.74, 6) is -1.79. The summed E-state index contributed by atoms with van der Waals surface area (Å²) in [5, 5.41) is 17.4. The van der Waals surface area contributed by atoms with Crippen molar-refractivity contribution in [1.29, 1.82) is 0 Å². The minimum absolute atomic E-state index is 0.159. The molecule has 0 unspecified atom stereocenters. The lowest BCUT2D eigenvalue weighted by Gasteiger charge is -2.16. The number of nitrogens with one attached hydrogen (secondary N) is 2. The molecule has 2 rings (SSSR count). The van der Waals surface area contributed by atoms with Gasteiger partial charge >= 0.3 is 12.0 Å². The molecule has 8 nitrogen and oxygen atoms in total. The van der Waals surface area contributed by atoms with Crippen molar-refractivity contribution in [2.45, 2.75) is 6.54 Å². The molecular formula is C12H12FN5O3. The molecule has 0 radical (unpaired) electrons. The molecular weight excluding hydrogens is 281 g/mol. The number of halogens is 1. The van der Waals surface area contributed by atoms with Crippen molar-refractivity contribution >= 4 is 17.7 Å². The van der Waals surface area contributed by atoms with Gasteiger partial charge < -0.3 is 15.3 Å². The number of amides is 2.